The Morgan fingerprint density at radius 1 is 1.38 bits per heavy atom. The van der Waals surface area contributed by atoms with Crippen LogP contribution in [-0.4, -0.2) is 40.5 Å². The quantitative estimate of drug-likeness (QED) is 0.685. The van der Waals surface area contributed by atoms with Gasteiger partial charge < -0.3 is 15.2 Å². The molecule has 1 heterocycles. The molecule has 0 radical (unpaired) electrons. The van der Waals surface area contributed by atoms with Crippen LogP contribution in [-0.2, 0) is 11.2 Å². The van der Waals surface area contributed by atoms with Gasteiger partial charge in [-0.1, -0.05) is 0 Å². The van der Waals surface area contributed by atoms with Crippen LogP contribution in [0.2, 0.25) is 0 Å². The lowest BCUT2D eigenvalue weighted by Gasteiger charge is -2.13. The summed E-state index contributed by atoms with van der Waals surface area (Å²) < 4.78 is 18.1. The maximum atomic E-state index is 12.8. The molecule has 0 aliphatic rings. The summed E-state index contributed by atoms with van der Waals surface area (Å²) in [5.41, 5.74) is 2.91. The number of benzene rings is 1. The summed E-state index contributed by atoms with van der Waals surface area (Å²) in [5.74, 6) is -0.0261. The lowest BCUT2D eigenvalue weighted by atomic mass is 10.1. The Hall–Kier alpha value is -2.41. The minimum Gasteiger partial charge on any atom is -0.491 e. The molecule has 0 spiro atoms. The molecular formula is C17H22FN3O3. The summed E-state index contributed by atoms with van der Waals surface area (Å²) in [5, 5.41) is 19.5. The summed E-state index contributed by atoms with van der Waals surface area (Å²) in [7, 11) is 0. The number of hydrogen-bond donors (Lipinski definition) is 3. The van der Waals surface area contributed by atoms with E-state index < -0.39 is 6.10 Å². The standard InChI is InChI=1S/C17H22FN3O3/c1-11-16(12(2)21-20-11)7-8-17(23)19-9-14(22)10-24-15-5-3-13(18)4-6-15/h3-6,14,22H,7-10H2,1-2H3,(H,19,23)(H,20,21). The van der Waals surface area contributed by atoms with Crippen LogP contribution < -0.4 is 10.1 Å². The topological polar surface area (TPSA) is 87.2 Å². The Morgan fingerprint density at radius 2 is 2.08 bits per heavy atom. The van der Waals surface area contributed by atoms with Gasteiger partial charge in [-0.05, 0) is 50.1 Å². The predicted molar refractivity (Wildman–Crippen MR) is 87.3 cm³/mol. The van der Waals surface area contributed by atoms with Crippen LogP contribution in [0.3, 0.4) is 0 Å². The molecule has 2 rings (SSSR count). The molecule has 24 heavy (non-hydrogen) atoms. The molecule has 1 aromatic heterocycles. The van der Waals surface area contributed by atoms with Crippen molar-refractivity contribution in [3.05, 3.63) is 47.0 Å². The van der Waals surface area contributed by atoms with E-state index in [1.807, 2.05) is 13.8 Å². The number of aromatic nitrogens is 2. The molecule has 0 aliphatic carbocycles. The van der Waals surface area contributed by atoms with Crippen molar-refractivity contribution < 1.29 is 19.0 Å². The van der Waals surface area contributed by atoms with Gasteiger partial charge in [0.25, 0.3) is 0 Å². The van der Waals surface area contributed by atoms with Crippen LogP contribution in [0.15, 0.2) is 24.3 Å². The smallest absolute Gasteiger partial charge is 0.220 e. The Labute approximate surface area is 140 Å². The fourth-order valence-electron chi connectivity index (χ4n) is 2.28. The molecule has 0 bridgehead atoms. The summed E-state index contributed by atoms with van der Waals surface area (Å²) >= 11 is 0. The molecule has 6 nitrogen and oxygen atoms in total. The van der Waals surface area contributed by atoms with Crippen LogP contribution in [0.4, 0.5) is 4.39 Å². The third-order valence-electron chi connectivity index (χ3n) is 3.67. The fraction of sp³-hybridized carbons (Fsp3) is 0.412. The van der Waals surface area contributed by atoms with Crippen LogP contribution >= 0.6 is 0 Å². The van der Waals surface area contributed by atoms with Gasteiger partial charge in [-0.25, -0.2) is 4.39 Å². The number of H-pyrrole nitrogens is 1. The van der Waals surface area contributed by atoms with Gasteiger partial charge in [0.1, 0.15) is 24.3 Å². The third-order valence-corrected chi connectivity index (χ3v) is 3.67. The lowest BCUT2D eigenvalue weighted by Crippen LogP contribution is -2.35. The minimum absolute atomic E-state index is 0.0197. The van der Waals surface area contributed by atoms with Crippen molar-refractivity contribution in [1.82, 2.24) is 15.5 Å². The van der Waals surface area contributed by atoms with E-state index in [-0.39, 0.29) is 24.9 Å². The Kier molecular flexibility index (Phi) is 6.31. The average Bonchev–Trinajstić information content (AvgIpc) is 2.89. The van der Waals surface area contributed by atoms with Gasteiger partial charge >= 0.3 is 0 Å². The first-order chi connectivity index (χ1) is 11.5. The van der Waals surface area contributed by atoms with Gasteiger partial charge in [0.15, 0.2) is 0 Å². The van der Waals surface area contributed by atoms with Gasteiger partial charge in [0.05, 0.1) is 5.69 Å². The van der Waals surface area contributed by atoms with Crippen LogP contribution in [0, 0.1) is 19.7 Å². The first kappa shape index (κ1) is 17.9. The minimum atomic E-state index is -0.837. The highest BCUT2D eigenvalue weighted by molar-refractivity contribution is 5.76. The number of rotatable bonds is 8. The van der Waals surface area contributed by atoms with Crippen molar-refractivity contribution in [3.8, 4) is 5.75 Å². The number of hydrogen-bond acceptors (Lipinski definition) is 4. The molecule has 7 heteroatoms. The molecule has 1 unspecified atom stereocenters. The molecule has 3 N–H and O–H groups in total. The van der Waals surface area contributed by atoms with Crippen molar-refractivity contribution in [2.24, 2.45) is 0 Å². The Balaban J connectivity index is 1.66. The zero-order valence-electron chi connectivity index (χ0n) is 13.8. The average molecular weight is 335 g/mol. The fourth-order valence-corrected chi connectivity index (χ4v) is 2.28. The van der Waals surface area contributed by atoms with Crippen molar-refractivity contribution >= 4 is 5.91 Å². The highest BCUT2D eigenvalue weighted by Gasteiger charge is 2.11. The molecule has 1 atom stereocenters. The first-order valence-electron chi connectivity index (χ1n) is 7.79. The van der Waals surface area contributed by atoms with Gasteiger partial charge in [-0.2, -0.15) is 5.10 Å². The van der Waals surface area contributed by atoms with E-state index in [0.29, 0.717) is 18.6 Å². The molecule has 0 fully saturated rings. The number of ether oxygens (including phenoxy) is 1. The molecule has 1 aromatic carbocycles. The van der Waals surface area contributed by atoms with Gasteiger partial charge in [-0.3, -0.25) is 9.89 Å². The maximum absolute atomic E-state index is 12.8. The van der Waals surface area contributed by atoms with E-state index in [4.69, 9.17) is 4.74 Å². The molecule has 0 saturated carbocycles. The van der Waals surface area contributed by atoms with Crippen molar-refractivity contribution in [1.29, 1.82) is 0 Å². The van der Waals surface area contributed by atoms with Crippen LogP contribution in [0.25, 0.3) is 0 Å². The Bertz CT molecular complexity index is 651. The zero-order valence-corrected chi connectivity index (χ0v) is 13.8. The van der Waals surface area contributed by atoms with E-state index in [9.17, 15) is 14.3 Å². The number of carbonyl (C=O) groups excluding carboxylic acids is 1. The monoisotopic (exact) mass is 335 g/mol. The predicted octanol–water partition coefficient (Wildman–Crippen LogP) is 1.65. The van der Waals surface area contributed by atoms with Crippen molar-refractivity contribution in [3.63, 3.8) is 0 Å². The second kappa shape index (κ2) is 8.44. The maximum Gasteiger partial charge on any atom is 0.220 e. The molecular weight excluding hydrogens is 313 g/mol. The number of aliphatic hydroxyl groups is 1. The van der Waals surface area contributed by atoms with Crippen LogP contribution in [0.5, 0.6) is 5.75 Å². The largest absolute Gasteiger partial charge is 0.491 e. The molecule has 1 amide bonds. The molecule has 130 valence electrons. The number of nitrogens with one attached hydrogen (secondary N) is 2. The SMILES string of the molecule is Cc1n[nH]c(C)c1CCC(=O)NCC(O)COc1ccc(F)cc1. The summed E-state index contributed by atoms with van der Waals surface area (Å²) in [6, 6.07) is 5.53. The number of carbonyl (C=O) groups is 1. The highest BCUT2D eigenvalue weighted by Crippen LogP contribution is 2.12. The number of aromatic amines is 1. The summed E-state index contributed by atoms with van der Waals surface area (Å²) in [4.78, 5) is 11.8. The lowest BCUT2D eigenvalue weighted by molar-refractivity contribution is -0.121. The number of aryl methyl sites for hydroxylation is 2. The molecule has 0 aliphatic heterocycles. The second-order valence-electron chi connectivity index (χ2n) is 5.64. The second-order valence-corrected chi connectivity index (χ2v) is 5.64. The van der Waals surface area contributed by atoms with Crippen molar-refractivity contribution in [2.45, 2.75) is 32.8 Å². The molecule has 2 aromatic rings. The van der Waals surface area contributed by atoms with Gasteiger partial charge in [0.2, 0.25) is 5.91 Å². The van der Waals surface area contributed by atoms with Crippen LogP contribution in [0.1, 0.15) is 23.4 Å². The van der Waals surface area contributed by atoms with Crippen molar-refractivity contribution in [2.75, 3.05) is 13.2 Å². The zero-order chi connectivity index (χ0) is 17.5. The van der Waals surface area contributed by atoms with E-state index >= 15 is 0 Å². The summed E-state index contributed by atoms with van der Waals surface area (Å²) in [6.07, 6.45) is 0.0889. The van der Waals surface area contributed by atoms with E-state index in [1.54, 1.807) is 0 Å². The Morgan fingerprint density at radius 3 is 2.71 bits per heavy atom. The summed E-state index contributed by atoms with van der Waals surface area (Å²) in [6.45, 7) is 3.94. The number of aliphatic hydroxyl groups excluding tert-OH is 1. The first-order valence-corrected chi connectivity index (χ1v) is 7.79. The number of amides is 1. The number of nitrogens with zero attached hydrogens (tertiary/aromatic N) is 1. The molecule has 0 saturated heterocycles. The highest BCUT2D eigenvalue weighted by atomic mass is 19.1. The van der Waals surface area contributed by atoms with E-state index in [1.165, 1.54) is 24.3 Å². The van der Waals surface area contributed by atoms with E-state index in [2.05, 4.69) is 15.5 Å². The normalized spacial score (nSPS) is 12.0. The van der Waals surface area contributed by atoms with Gasteiger partial charge in [0, 0.05) is 18.7 Å². The third kappa shape index (κ3) is 5.34. The van der Waals surface area contributed by atoms with E-state index in [0.717, 1.165) is 17.0 Å². The van der Waals surface area contributed by atoms with Gasteiger partial charge in [-0.15, -0.1) is 0 Å². The number of halogens is 1.